The second kappa shape index (κ2) is 3.10. The van der Waals surface area contributed by atoms with Gasteiger partial charge >= 0.3 is 5.97 Å². The zero-order valence-electron chi connectivity index (χ0n) is 7.64. The summed E-state index contributed by atoms with van der Waals surface area (Å²) in [5, 5.41) is 8.65. The van der Waals surface area contributed by atoms with Crippen molar-refractivity contribution >= 4 is 11.7 Å². The highest BCUT2D eigenvalue weighted by Crippen LogP contribution is 2.06. The molecule has 0 aliphatic carbocycles. The van der Waals surface area contributed by atoms with E-state index in [0.717, 1.165) is 5.56 Å². The van der Waals surface area contributed by atoms with Gasteiger partial charge in [-0.2, -0.15) is 0 Å². The quantitative estimate of drug-likeness (QED) is 0.757. The van der Waals surface area contributed by atoms with E-state index in [1.54, 1.807) is 10.6 Å². The molecule has 0 amide bonds. The van der Waals surface area contributed by atoms with Gasteiger partial charge in [-0.3, -0.25) is 9.20 Å². The fraction of sp³-hybridized carbons (Fsp3) is 0.222. The highest BCUT2D eigenvalue weighted by atomic mass is 16.4. The summed E-state index contributed by atoms with van der Waals surface area (Å²) in [6.07, 6.45) is 5.03. The summed E-state index contributed by atoms with van der Waals surface area (Å²) in [7, 11) is 0. The molecule has 0 aromatic carbocycles. The SMILES string of the molecule is Cc1cnc2ncc(CC(=O)O)n2c1. The Kier molecular flexibility index (Phi) is 1.92. The molecule has 14 heavy (non-hydrogen) atoms. The van der Waals surface area contributed by atoms with Crippen LogP contribution < -0.4 is 0 Å². The number of carboxylic acid groups (broad SMARTS) is 1. The molecule has 5 heteroatoms. The van der Waals surface area contributed by atoms with Crippen LogP contribution in [0.25, 0.3) is 5.78 Å². The Morgan fingerprint density at radius 2 is 2.21 bits per heavy atom. The highest BCUT2D eigenvalue weighted by Gasteiger charge is 2.07. The molecule has 0 saturated heterocycles. The zero-order chi connectivity index (χ0) is 10.1. The highest BCUT2D eigenvalue weighted by molar-refractivity contribution is 5.69. The Hall–Kier alpha value is -1.91. The van der Waals surface area contributed by atoms with Crippen molar-refractivity contribution in [2.45, 2.75) is 13.3 Å². The van der Waals surface area contributed by atoms with Crippen LogP contribution in [-0.2, 0) is 11.2 Å². The lowest BCUT2D eigenvalue weighted by atomic mass is 10.3. The van der Waals surface area contributed by atoms with E-state index in [4.69, 9.17) is 5.11 Å². The zero-order valence-corrected chi connectivity index (χ0v) is 7.64. The molecule has 5 nitrogen and oxygen atoms in total. The van der Waals surface area contributed by atoms with Gasteiger partial charge in [0.05, 0.1) is 18.3 Å². The van der Waals surface area contributed by atoms with E-state index < -0.39 is 5.97 Å². The van der Waals surface area contributed by atoms with Crippen molar-refractivity contribution in [3.63, 3.8) is 0 Å². The average Bonchev–Trinajstić information content (AvgIpc) is 2.47. The molecular weight excluding hydrogens is 182 g/mol. The van der Waals surface area contributed by atoms with E-state index in [-0.39, 0.29) is 6.42 Å². The van der Waals surface area contributed by atoms with Gasteiger partial charge in [0.25, 0.3) is 0 Å². The summed E-state index contributed by atoms with van der Waals surface area (Å²) in [5.74, 6) is -0.333. The van der Waals surface area contributed by atoms with Crippen LogP contribution in [0, 0.1) is 6.92 Å². The maximum atomic E-state index is 10.5. The number of aromatic nitrogens is 3. The first-order valence-electron chi connectivity index (χ1n) is 4.17. The van der Waals surface area contributed by atoms with E-state index in [1.165, 1.54) is 6.20 Å². The molecule has 2 rings (SSSR count). The maximum Gasteiger partial charge on any atom is 0.309 e. The number of fused-ring (bicyclic) bond motifs is 1. The van der Waals surface area contributed by atoms with Gasteiger partial charge in [0.15, 0.2) is 0 Å². The molecule has 1 N–H and O–H groups in total. The minimum Gasteiger partial charge on any atom is -0.481 e. The number of aryl methyl sites for hydroxylation is 1. The number of aliphatic carboxylic acids is 1. The first-order valence-corrected chi connectivity index (χ1v) is 4.17. The van der Waals surface area contributed by atoms with E-state index >= 15 is 0 Å². The number of rotatable bonds is 2. The predicted molar refractivity (Wildman–Crippen MR) is 49.1 cm³/mol. The Morgan fingerprint density at radius 3 is 2.93 bits per heavy atom. The first-order chi connectivity index (χ1) is 6.66. The van der Waals surface area contributed by atoms with Crippen molar-refractivity contribution in [1.29, 1.82) is 0 Å². The van der Waals surface area contributed by atoms with Crippen molar-refractivity contribution in [2.75, 3.05) is 0 Å². The van der Waals surface area contributed by atoms with Crippen LogP contribution in [0.5, 0.6) is 0 Å². The number of hydrogen-bond donors (Lipinski definition) is 1. The minimum atomic E-state index is -0.867. The van der Waals surface area contributed by atoms with Gasteiger partial charge in [0.2, 0.25) is 5.78 Å². The van der Waals surface area contributed by atoms with Crippen LogP contribution in [0.15, 0.2) is 18.6 Å². The summed E-state index contributed by atoms with van der Waals surface area (Å²) in [5.41, 5.74) is 1.62. The molecule has 0 atom stereocenters. The maximum absolute atomic E-state index is 10.5. The van der Waals surface area contributed by atoms with E-state index in [2.05, 4.69) is 9.97 Å². The van der Waals surface area contributed by atoms with Crippen molar-refractivity contribution in [2.24, 2.45) is 0 Å². The third-order valence-corrected chi connectivity index (χ3v) is 1.90. The number of hydrogen-bond acceptors (Lipinski definition) is 3. The summed E-state index contributed by atoms with van der Waals surface area (Å²) in [6.45, 7) is 1.90. The molecule has 2 heterocycles. The normalized spacial score (nSPS) is 10.6. The van der Waals surface area contributed by atoms with Gasteiger partial charge in [0, 0.05) is 12.4 Å². The van der Waals surface area contributed by atoms with Crippen molar-refractivity contribution in [3.05, 3.63) is 29.8 Å². The molecule has 72 valence electrons. The van der Waals surface area contributed by atoms with Crippen LogP contribution in [0.2, 0.25) is 0 Å². The van der Waals surface area contributed by atoms with Gasteiger partial charge < -0.3 is 5.11 Å². The van der Waals surface area contributed by atoms with E-state index in [0.29, 0.717) is 11.5 Å². The third kappa shape index (κ3) is 1.44. The van der Waals surface area contributed by atoms with Crippen molar-refractivity contribution in [3.8, 4) is 0 Å². The van der Waals surface area contributed by atoms with Crippen LogP contribution in [-0.4, -0.2) is 25.4 Å². The van der Waals surface area contributed by atoms with Crippen LogP contribution in [0.3, 0.4) is 0 Å². The summed E-state index contributed by atoms with van der Waals surface area (Å²) in [4.78, 5) is 18.6. The number of nitrogens with zero attached hydrogens (tertiary/aromatic N) is 3. The fourth-order valence-electron chi connectivity index (χ4n) is 1.30. The van der Waals surface area contributed by atoms with Crippen LogP contribution in [0.1, 0.15) is 11.3 Å². The van der Waals surface area contributed by atoms with E-state index in [9.17, 15) is 4.79 Å². The Bertz CT molecular complexity index is 490. The van der Waals surface area contributed by atoms with Gasteiger partial charge in [-0.25, -0.2) is 9.97 Å². The molecular formula is C9H9N3O2. The number of carboxylic acids is 1. The Labute approximate surface area is 80.0 Å². The Morgan fingerprint density at radius 1 is 1.50 bits per heavy atom. The molecule has 0 aliphatic rings. The molecule has 2 aromatic heterocycles. The number of carbonyl (C=O) groups is 1. The standard InChI is InChI=1S/C9H9N3O2/c1-6-3-10-9-11-4-7(2-8(13)14)12(9)5-6/h3-5H,2H2,1H3,(H,13,14). The lowest BCUT2D eigenvalue weighted by Crippen LogP contribution is -2.03. The second-order valence-electron chi connectivity index (χ2n) is 3.12. The van der Waals surface area contributed by atoms with E-state index in [1.807, 2.05) is 13.1 Å². The lowest BCUT2D eigenvalue weighted by molar-refractivity contribution is -0.136. The Balaban J connectivity index is 2.55. The van der Waals surface area contributed by atoms with Crippen LogP contribution in [0.4, 0.5) is 0 Å². The van der Waals surface area contributed by atoms with Crippen LogP contribution >= 0.6 is 0 Å². The molecule has 0 radical (unpaired) electrons. The van der Waals surface area contributed by atoms with Crippen molar-refractivity contribution in [1.82, 2.24) is 14.4 Å². The molecule has 0 unspecified atom stereocenters. The topological polar surface area (TPSA) is 67.5 Å². The monoisotopic (exact) mass is 191 g/mol. The smallest absolute Gasteiger partial charge is 0.309 e. The second-order valence-corrected chi connectivity index (χ2v) is 3.12. The average molecular weight is 191 g/mol. The summed E-state index contributed by atoms with van der Waals surface area (Å²) in [6, 6.07) is 0. The summed E-state index contributed by atoms with van der Waals surface area (Å²) >= 11 is 0. The summed E-state index contributed by atoms with van der Waals surface area (Å²) < 4.78 is 1.70. The fourth-order valence-corrected chi connectivity index (χ4v) is 1.30. The predicted octanol–water partition coefficient (Wildman–Crippen LogP) is 0.665. The minimum absolute atomic E-state index is 0.0354. The van der Waals surface area contributed by atoms with Crippen molar-refractivity contribution < 1.29 is 9.90 Å². The van der Waals surface area contributed by atoms with Gasteiger partial charge in [0.1, 0.15) is 0 Å². The van der Waals surface area contributed by atoms with Gasteiger partial charge in [-0.05, 0) is 12.5 Å². The number of imidazole rings is 1. The molecule has 0 fully saturated rings. The molecule has 0 bridgehead atoms. The molecule has 0 saturated carbocycles. The molecule has 0 spiro atoms. The van der Waals surface area contributed by atoms with Gasteiger partial charge in [-0.15, -0.1) is 0 Å². The lowest BCUT2D eigenvalue weighted by Gasteiger charge is -1.98. The molecule has 2 aromatic rings. The molecule has 0 aliphatic heterocycles. The largest absolute Gasteiger partial charge is 0.481 e. The third-order valence-electron chi connectivity index (χ3n) is 1.90. The van der Waals surface area contributed by atoms with Gasteiger partial charge in [-0.1, -0.05) is 0 Å². The first kappa shape index (κ1) is 8.68.